The second-order valence-corrected chi connectivity index (χ2v) is 7.34. The molecular weight excluding hydrogens is 378 g/mol. The Morgan fingerprint density at radius 2 is 1.77 bits per heavy atom. The van der Waals surface area contributed by atoms with Gasteiger partial charge in [0.25, 0.3) is 5.91 Å². The van der Waals surface area contributed by atoms with Crippen molar-refractivity contribution in [2.45, 2.75) is 31.9 Å². The third-order valence-electron chi connectivity index (χ3n) is 5.23. The SMILES string of the molecule is C[C@H](Oc1ccc(C(=O)NC2CCN(c3ncccn3)CC2)cn1)c1ccccc1. The minimum Gasteiger partial charge on any atom is -0.470 e. The Morgan fingerprint density at radius 1 is 1.03 bits per heavy atom. The van der Waals surface area contributed by atoms with Crippen molar-refractivity contribution in [2.24, 2.45) is 0 Å². The van der Waals surface area contributed by atoms with E-state index in [1.54, 1.807) is 30.7 Å². The van der Waals surface area contributed by atoms with Crippen molar-refractivity contribution < 1.29 is 9.53 Å². The smallest absolute Gasteiger partial charge is 0.253 e. The zero-order valence-corrected chi connectivity index (χ0v) is 16.9. The van der Waals surface area contributed by atoms with Crippen LogP contribution in [0.1, 0.15) is 41.8 Å². The molecule has 0 bridgehead atoms. The van der Waals surface area contributed by atoms with E-state index in [0.717, 1.165) is 37.4 Å². The summed E-state index contributed by atoms with van der Waals surface area (Å²) in [7, 11) is 0. The maximum absolute atomic E-state index is 12.6. The molecule has 7 heteroatoms. The van der Waals surface area contributed by atoms with Crippen LogP contribution in [0.2, 0.25) is 0 Å². The van der Waals surface area contributed by atoms with Crippen molar-refractivity contribution >= 4 is 11.9 Å². The van der Waals surface area contributed by atoms with Crippen LogP contribution in [-0.2, 0) is 0 Å². The van der Waals surface area contributed by atoms with E-state index in [0.29, 0.717) is 11.4 Å². The van der Waals surface area contributed by atoms with Crippen LogP contribution >= 0.6 is 0 Å². The summed E-state index contributed by atoms with van der Waals surface area (Å²) in [5.74, 6) is 1.13. The van der Waals surface area contributed by atoms with Gasteiger partial charge in [0.1, 0.15) is 6.10 Å². The van der Waals surface area contributed by atoms with Gasteiger partial charge in [-0.05, 0) is 37.5 Å². The van der Waals surface area contributed by atoms with Crippen LogP contribution in [0.3, 0.4) is 0 Å². The first-order chi connectivity index (χ1) is 14.7. The molecule has 1 aliphatic rings. The van der Waals surface area contributed by atoms with E-state index in [-0.39, 0.29) is 18.1 Å². The lowest BCUT2D eigenvalue weighted by molar-refractivity contribution is 0.0930. The summed E-state index contributed by atoms with van der Waals surface area (Å²) in [5.41, 5.74) is 1.61. The lowest BCUT2D eigenvalue weighted by atomic mass is 10.0. The number of ether oxygens (including phenoxy) is 1. The number of piperidine rings is 1. The van der Waals surface area contributed by atoms with Crippen LogP contribution in [0.15, 0.2) is 67.1 Å². The monoisotopic (exact) mass is 403 g/mol. The highest BCUT2D eigenvalue weighted by Crippen LogP contribution is 2.20. The van der Waals surface area contributed by atoms with E-state index in [1.165, 1.54) is 0 Å². The number of amides is 1. The molecular formula is C23H25N5O2. The van der Waals surface area contributed by atoms with Crippen LogP contribution in [-0.4, -0.2) is 40.0 Å². The van der Waals surface area contributed by atoms with Crippen LogP contribution in [0, 0.1) is 0 Å². The normalized spacial score (nSPS) is 15.4. The van der Waals surface area contributed by atoms with Gasteiger partial charge in [-0.25, -0.2) is 15.0 Å². The maximum atomic E-state index is 12.6. The maximum Gasteiger partial charge on any atom is 0.253 e. The Labute approximate surface area is 176 Å². The van der Waals surface area contributed by atoms with E-state index >= 15 is 0 Å². The molecule has 1 N–H and O–H groups in total. The number of rotatable bonds is 6. The Bertz CT molecular complexity index is 942. The van der Waals surface area contributed by atoms with Gasteiger partial charge >= 0.3 is 0 Å². The van der Waals surface area contributed by atoms with Gasteiger partial charge in [0.05, 0.1) is 5.56 Å². The lowest BCUT2D eigenvalue weighted by Crippen LogP contribution is -2.45. The zero-order valence-electron chi connectivity index (χ0n) is 16.9. The van der Waals surface area contributed by atoms with Gasteiger partial charge in [0, 0.05) is 43.8 Å². The highest BCUT2D eigenvalue weighted by Gasteiger charge is 2.22. The van der Waals surface area contributed by atoms with E-state index in [4.69, 9.17) is 4.74 Å². The number of carbonyl (C=O) groups is 1. The average Bonchev–Trinajstić information content (AvgIpc) is 2.81. The molecule has 30 heavy (non-hydrogen) atoms. The molecule has 1 amide bonds. The second kappa shape index (κ2) is 9.35. The third kappa shape index (κ3) is 4.92. The quantitative estimate of drug-likeness (QED) is 0.679. The van der Waals surface area contributed by atoms with E-state index < -0.39 is 0 Å². The predicted octanol–water partition coefficient (Wildman–Crippen LogP) is 3.41. The molecule has 0 aliphatic carbocycles. The molecule has 154 valence electrons. The summed E-state index contributed by atoms with van der Waals surface area (Å²) >= 11 is 0. The standard InChI is InChI=1S/C23H25N5O2/c1-17(18-6-3-2-4-7-18)30-21-9-8-19(16-26-21)22(29)27-20-10-14-28(15-11-20)23-24-12-5-13-25-23/h2-9,12-13,16-17,20H,10-11,14-15H2,1H3,(H,27,29)/t17-/m0/s1. The summed E-state index contributed by atoms with van der Waals surface area (Å²) in [6.07, 6.45) is 6.65. The number of nitrogens with one attached hydrogen (secondary N) is 1. The van der Waals surface area contributed by atoms with Crippen LogP contribution in [0.4, 0.5) is 5.95 Å². The molecule has 2 aromatic heterocycles. The summed E-state index contributed by atoms with van der Waals surface area (Å²) in [4.78, 5) is 27.6. The summed E-state index contributed by atoms with van der Waals surface area (Å²) in [6.45, 7) is 3.61. The largest absolute Gasteiger partial charge is 0.470 e. The minimum absolute atomic E-state index is 0.112. The molecule has 7 nitrogen and oxygen atoms in total. The predicted molar refractivity (Wildman–Crippen MR) is 114 cm³/mol. The molecule has 3 heterocycles. The molecule has 0 saturated carbocycles. The topological polar surface area (TPSA) is 80.2 Å². The van der Waals surface area contributed by atoms with Crippen LogP contribution in [0.25, 0.3) is 0 Å². The van der Waals surface area contributed by atoms with Crippen molar-refractivity contribution in [3.63, 3.8) is 0 Å². The van der Waals surface area contributed by atoms with Crippen LogP contribution in [0.5, 0.6) is 5.88 Å². The fourth-order valence-electron chi connectivity index (χ4n) is 3.50. The zero-order chi connectivity index (χ0) is 20.8. The molecule has 0 radical (unpaired) electrons. The van der Waals surface area contributed by atoms with Crippen molar-refractivity contribution in [2.75, 3.05) is 18.0 Å². The molecule has 1 aliphatic heterocycles. The number of pyridine rings is 1. The van der Waals surface area contributed by atoms with Gasteiger partial charge in [-0.3, -0.25) is 4.79 Å². The van der Waals surface area contributed by atoms with Crippen LogP contribution < -0.4 is 15.0 Å². The minimum atomic E-state index is -0.114. The van der Waals surface area contributed by atoms with E-state index in [9.17, 15) is 4.79 Å². The number of hydrogen-bond acceptors (Lipinski definition) is 6. The average molecular weight is 403 g/mol. The highest BCUT2D eigenvalue weighted by atomic mass is 16.5. The molecule has 0 spiro atoms. The van der Waals surface area contributed by atoms with Gasteiger partial charge in [0.15, 0.2) is 0 Å². The number of anilines is 1. The van der Waals surface area contributed by atoms with Gasteiger partial charge in [-0.1, -0.05) is 30.3 Å². The number of nitrogens with zero attached hydrogens (tertiary/aromatic N) is 4. The number of aromatic nitrogens is 3. The number of benzene rings is 1. The molecule has 3 aromatic rings. The second-order valence-electron chi connectivity index (χ2n) is 7.34. The van der Waals surface area contributed by atoms with E-state index in [2.05, 4.69) is 25.2 Å². The molecule has 1 aromatic carbocycles. The molecule has 1 atom stereocenters. The molecule has 1 saturated heterocycles. The lowest BCUT2D eigenvalue weighted by Gasteiger charge is -2.32. The number of carbonyl (C=O) groups excluding carboxylic acids is 1. The van der Waals surface area contributed by atoms with E-state index in [1.807, 2.05) is 43.3 Å². The first-order valence-electron chi connectivity index (χ1n) is 10.2. The molecule has 1 fully saturated rings. The summed E-state index contributed by atoms with van der Waals surface area (Å²) in [5, 5.41) is 3.11. The Morgan fingerprint density at radius 3 is 2.43 bits per heavy atom. The fraction of sp³-hybridized carbons (Fsp3) is 0.304. The Kier molecular flexibility index (Phi) is 6.17. The summed E-state index contributed by atoms with van der Waals surface area (Å²) in [6, 6.07) is 15.4. The Balaban J connectivity index is 1.28. The van der Waals surface area contributed by atoms with Gasteiger partial charge in [-0.2, -0.15) is 0 Å². The van der Waals surface area contributed by atoms with Gasteiger partial charge in [-0.15, -0.1) is 0 Å². The third-order valence-corrected chi connectivity index (χ3v) is 5.23. The first-order valence-corrected chi connectivity index (χ1v) is 10.2. The van der Waals surface area contributed by atoms with Gasteiger partial charge in [0.2, 0.25) is 11.8 Å². The first kappa shape index (κ1) is 19.8. The van der Waals surface area contributed by atoms with Crippen molar-refractivity contribution in [1.29, 1.82) is 0 Å². The Hall–Kier alpha value is -3.48. The number of hydrogen-bond donors (Lipinski definition) is 1. The highest BCUT2D eigenvalue weighted by molar-refractivity contribution is 5.94. The van der Waals surface area contributed by atoms with Crippen molar-refractivity contribution in [3.05, 3.63) is 78.2 Å². The molecule has 0 unspecified atom stereocenters. The van der Waals surface area contributed by atoms with Crippen molar-refractivity contribution in [3.8, 4) is 5.88 Å². The molecule has 4 rings (SSSR count). The summed E-state index contributed by atoms with van der Waals surface area (Å²) < 4.78 is 5.88. The fourth-order valence-corrected chi connectivity index (χ4v) is 3.50. The van der Waals surface area contributed by atoms with Crippen molar-refractivity contribution in [1.82, 2.24) is 20.3 Å². The van der Waals surface area contributed by atoms with Gasteiger partial charge < -0.3 is 15.0 Å².